The molecule has 0 spiro atoms. The Morgan fingerprint density at radius 1 is 0.474 bits per heavy atom. The zero-order valence-corrected chi connectivity index (χ0v) is 21.3. The Balaban J connectivity index is 1.25. The lowest BCUT2D eigenvalue weighted by atomic mass is 9.98. The highest BCUT2D eigenvalue weighted by molar-refractivity contribution is 7.25. The maximum atomic E-state index is 4.30. The van der Waals surface area contributed by atoms with E-state index in [1.165, 1.54) is 69.9 Å². The number of hydrogen-bond acceptors (Lipinski definition) is 2. The van der Waals surface area contributed by atoms with E-state index < -0.39 is 0 Å². The van der Waals surface area contributed by atoms with Crippen molar-refractivity contribution in [2.24, 2.45) is 0 Å². The van der Waals surface area contributed by atoms with Crippen molar-refractivity contribution in [2.75, 3.05) is 0 Å². The van der Waals surface area contributed by atoms with Gasteiger partial charge in [-0.05, 0) is 70.8 Å². The van der Waals surface area contributed by atoms with Gasteiger partial charge in [-0.15, -0.1) is 11.3 Å². The number of rotatable bonds is 3. The molecule has 0 saturated carbocycles. The van der Waals surface area contributed by atoms with Crippen molar-refractivity contribution in [3.05, 3.63) is 134 Å². The van der Waals surface area contributed by atoms with Gasteiger partial charge in [-0.25, -0.2) is 0 Å². The van der Waals surface area contributed by atoms with Gasteiger partial charge in [0.05, 0.1) is 15.7 Å². The van der Waals surface area contributed by atoms with Gasteiger partial charge in [-0.1, -0.05) is 72.8 Å². The largest absolute Gasteiger partial charge is 0.309 e. The van der Waals surface area contributed by atoms with E-state index in [0.717, 1.165) is 0 Å². The predicted octanol–water partition coefficient (Wildman–Crippen LogP) is 9.88. The monoisotopic (exact) mass is 502 g/mol. The van der Waals surface area contributed by atoms with Gasteiger partial charge in [0.25, 0.3) is 0 Å². The maximum absolute atomic E-state index is 4.30. The predicted molar refractivity (Wildman–Crippen MR) is 162 cm³/mol. The molecule has 38 heavy (non-hydrogen) atoms. The summed E-state index contributed by atoms with van der Waals surface area (Å²) in [6.45, 7) is 0. The molecule has 8 rings (SSSR count). The van der Waals surface area contributed by atoms with Gasteiger partial charge < -0.3 is 4.57 Å². The second-order valence-electron chi connectivity index (χ2n) is 9.69. The third kappa shape index (κ3) is 3.29. The number of hydrogen-bond donors (Lipinski definition) is 0. The van der Waals surface area contributed by atoms with Crippen molar-refractivity contribution in [3.63, 3.8) is 0 Å². The van der Waals surface area contributed by atoms with Crippen LogP contribution in [-0.2, 0) is 0 Å². The highest BCUT2D eigenvalue weighted by Crippen LogP contribution is 2.37. The van der Waals surface area contributed by atoms with Crippen LogP contribution in [0.4, 0.5) is 0 Å². The number of aromatic nitrogens is 2. The first-order valence-corrected chi connectivity index (χ1v) is 13.6. The van der Waals surface area contributed by atoms with E-state index in [1.807, 2.05) is 12.4 Å². The van der Waals surface area contributed by atoms with Crippen LogP contribution in [0.5, 0.6) is 0 Å². The fourth-order valence-electron chi connectivity index (χ4n) is 5.71. The lowest BCUT2D eigenvalue weighted by molar-refractivity contribution is 1.18. The van der Waals surface area contributed by atoms with Crippen LogP contribution >= 0.6 is 11.3 Å². The fraction of sp³-hybridized carbons (Fsp3) is 0. The Labute approximate surface area is 224 Å². The summed E-state index contributed by atoms with van der Waals surface area (Å²) < 4.78 is 4.91. The number of thiophene rings is 1. The number of fused-ring (bicyclic) bond motifs is 6. The molecular formula is C35H22N2S. The van der Waals surface area contributed by atoms with Gasteiger partial charge in [0.15, 0.2) is 0 Å². The molecule has 0 N–H and O–H groups in total. The molecule has 3 aromatic heterocycles. The van der Waals surface area contributed by atoms with Crippen LogP contribution in [0.1, 0.15) is 0 Å². The first-order chi connectivity index (χ1) is 18.8. The quantitative estimate of drug-likeness (QED) is 0.235. The summed E-state index contributed by atoms with van der Waals surface area (Å²) in [6.07, 6.45) is 3.84. The third-order valence-corrected chi connectivity index (χ3v) is 8.61. The van der Waals surface area contributed by atoms with E-state index in [1.54, 1.807) is 11.3 Å². The van der Waals surface area contributed by atoms with E-state index in [9.17, 15) is 0 Å². The molecular weight excluding hydrogens is 480 g/mol. The average Bonchev–Trinajstić information content (AvgIpc) is 3.53. The molecule has 3 heterocycles. The number of benzene rings is 5. The van der Waals surface area contributed by atoms with Crippen molar-refractivity contribution in [2.45, 2.75) is 0 Å². The van der Waals surface area contributed by atoms with Gasteiger partial charge >= 0.3 is 0 Å². The summed E-state index contributed by atoms with van der Waals surface area (Å²) >= 11 is 1.80. The number of nitrogens with zero attached hydrogens (tertiary/aromatic N) is 2. The van der Waals surface area contributed by atoms with Crippen LogP contribution < -0.4 is 0 Å². The molecule has 0 amide bonds. The van der Waals surface area contributed by atoms with Gasteiger partial charge in [0.2, 0.25) is 0 Å². The standard InChI is InChI=1S/C35H22N2S/c1-3-13-32-28(11-1)29-12-2-4-14-33(29)37(32)27-10-6-9-25(20-27)23-7-5-8-24(19-23)26-15-16-34-31(21-26)30-17-18-36-22-35(30)38-34/h1-22H. The first-order valence-electron chi connectivity index (χ1n) is 12.8. The topological polar surface area (TPSA) is 17.8 Å². The summed E-state index contributed by atoms with van der Waals surface area (Å²) in [7, 11) is 0. The van der Waals surface area contributed by atoms with Crippen molar-refractivity contribution >= 4 is 53.3 Å². The van der Waals surface area contributed by atoms with Crippen LogP contribution in [0, 0.1) is 0 Å². The molecule has 8 aromatic rings. The van der Waals surface area contributed by atoms with Crippen molar-refractivity contribution < 1.29 is 0 Å². The summed E-state index contributed by atoms with van der Waals surface area (Å²) in [4.78, 5) is 4.30. The van der Waals surface area contributed by atoms with Gasteiger partial charge in [0.1, 0.15) is 0 Å². The Morgan fingerprint density at radius 2 is 1.13 bits per heavy atom. The van der Waals surface area contributed by atoms with Crippen LogP contribution in [0.15, 0.2) is 134 Å². The van der Waals surface area contributed by atoms with Gasteiger partial charge in [-0.2, -0.15) is 0 Å². The molecule has 3 heteroatoms. The van der Waals surface area contributed by atoms with E-state index in [4.69, 9.17) is 0 Å². The van der Waals surface area contributed by atoms with Gasteiger partial charge in [-0.3, -0.25) is 4.98 Å². The molecule has 0 saturated heterocycles. The van der Waals surface area contributed by atoms with Crippen LogP contribution in [0.2, 0.25) is 0 Å². The van der Waals surface area contributed by atoms with Crippen LogP contribution in [-0.4, -0.2) is 9.55 Å². The molecule has 0 aliphatic carbocycles. The second-order valence-corrected chi connectivity index (χ2v) is 10.8. The van der Waals surface area contributed by atoms with Crippen molar-refractivity contribution in [1.29, 1.82) is 0 Å². The Kier molecular flexibility index (Phi) is 4.73. The fourth-order valence-corrected chi connectivity index (χ4v) is 6.77. The van der Waals surface area contributed by atoms with Gasteiger partial charge in [0, 0.05) is 44.3 Å². The van der Waals surface area contributed by atoms with E-state index in [0.29, 0.717) is 0 Å². The Bertz CT molecular complexity index is 2090. The van der Waals surface area contributed by atoms with Crippen LogP contribution in [0.3, 0.4) is 0 Å². The molecule has 0 bridgehead atoms. The molecule has 0 unspecified atom stereocenters. The third-order valence-electron chi connectivity index (χ3n) is 7.49. The molecule has 0 radical (unpaired) electrons. The molecule has 0 fully saturated rings. The van der Waals surface area contributed by atoms with E-state index in [-0.39, 0.29) is 0 Å². The van der Waals surface area contributed by atoms with Crippen LogP contribution in [0.25, 0.3) is 69.9 Å². The molecule has 0 aliphatic rings. The molecule has 178 valence electrons. The molecule has 0 atom stereocenters. The number of para-hydroxylation sites is 2. The minimum Gasteiger partial charge on any atom is -0.309 e. The lowest BCUT2D eigenvalue weighted by Gasteiger charge is -2.11. The summed E-state index contributed by atoms with van der Waals surface area (Å²) in [5.74, 6) is 0. The highest BCUT2D eigenvalue weighted by Gasteiger charge is 2.12. The van der Waals surface area contributed by atoms with E-state index in [2.05, 4.69) is 131 Å². The first kappa shape index (κ1) is 21.4. The second kappa shape index (κ2) is 8.41. The van der Waals surface area contributed by atoms with E-state index >= 15 is 0 Å². The lowest BCUT2D eigenvalue weighted by Crippen LogP contribution is -1.94. The maximum Gasteiger partial charge on any atom is 0.0541 e. The Morgan fingerprint density at radius 3 is 1.89 bits per heavy atom. The van der Waals surface area contributed by atoms with Crippen molar-refractivity contribution in [1.82, 2.24) is 9.55 Å². The minimum absolute atomic E-state index is 1.17. The summed E-state index contributed by atoms with van der Waals surface area (Å²) in [6, 6.07) is 44.0. The molecule has 2 nitrogen and oxygen atoms in total. The number of pyridine rings is 1. The molecule has 0 aliphatic heterocycles. The molecule has 5 aromatic carbocycles. The summed E-state index contributed by atoms with van der Waals surface area (Å²) in [5.41, 5.74) is 8.50. The SMILES string of the molecule is c1cc(-c2cccc(-n3c4ccccc4c4ccccc43)c2)cc(-c2ccc3sc4cnccc4c3c2)c1. The van der Waals surface area contributed by atoms with Crippen molar-refractivity contribution in [3.8, 4) is 27.9 Å². The normalized spacial score (nSPS) is 11.7. The smallest absolute Gasteiger partial charge is 0.0541 e. The minimum atomic E-state index is 1.17. The summed E-state index contributed by atoms with van der Waals surface area (Å²) in [5, 5.41) is 5.13. The average molecular weight is 503 g/mol. The zero-order valence-electron chi connectivity index (χ0n) is 20.5. The zero-order chi connectivity index (χ0) is 25.1. The Hall–Kier alpha value is -4.73. The highest BCUT2D eigenvalue weighted by atomic mass is 32.1.